The maximum atomic E-state index is 4.97. The quantitative estimate of drug-likeness (QED) is 0.121. The molecular weight excluding hydrogens is 741 g/mol. The van der Waals surface area contributed by atoms with Gasteiger partial charge in [0.05, 0.1) is 0 Å². The summed E-state index contributed by atoms with van der Waals surface area (Å²) >= 11 is 10.4. The van der Waals surface area contributed by atoms with Crippen LogP contribution in [0.4, 0.5) is 0 Å². The van der Waals surface area contributed by atoms with Gasteiger partial charge in [0.15, 0.2) is 0 Å². The molecule has 0 fully saturated rings. The van der Waals surface area contributed by atoms with Crippen molar-refractivity contribution in [2.45, 2.75) is 6.92 Å². The smallest absolute Gasteiger partial charge is 0.0355 e. The molecule has 0 unspecified atom stereocenters. The van der Waals surface area contributed by atoms with Crippen LogP contribution in [0.2, 0.25) is 0 Å². The van der Waals surface area contributed by atoms with Crippen LogP contribution in [-0.4, -0.2) is 0 Å². The third kappa shape index (κ3) is 6.56. The zero-order valence-electron chi connectivity index (χ0n) is 30.0. The summed E-state index contributed by atoms with van der Waals surface area (Å²) in [5.74, 6) is 0. The lowest BCUT2D eigenvalue weighted by atomic mass is 9.99. The molecule has 55 heavy (non-hydrogen) atoms. The van der Waals surface area contributed by atoms with Crippen LogP contribution in [0.5, 0.6) is 0 Å². The Bertz CT molecular complexity index is 3010. The van der Waals surface area contributed by atoms with Crippen LogP contribution in [0.1, 0.15) is 16.7 Å². The molecule has 0 amide bonds. The van der Waals surface area contributed by atoms with Gasteiger partial charge in [0.25, 0.3) is 0 Å². The van der Waals surface area contributed by atoms with E-state index in [1.807, 2.05) is 22.7 Å². The van der Waals surface area contributed by atoms with Gasteiger partial charge < -0.3 is 0 Å². The highest BCUT2D eigenvalue weighted by Gasteiger charge is 2.11. The van der Waals surface area contributed by atoms with E-state index in [9.17, 15) is 0 Å². The molecule has 0 saturated heterocycles. The highest BCUT2D eigenvalue weighted by Crippen LogP contribution is 2.39. The molecular formula is C51H34S4. The summed E-state index contributed by atoms with van der Waals surface area (Å²) in [6.07, 6.45) is 2.20. The molecule has 0 aliphatic heterocycles. The van der Waals surface area contributed by atoms with Gasteiger partial charge in [0.1, 0.15) is 0 Å². The lowest BCUT2D eigenvalue weighted by molar-refractivity contribution is 1.48. The highest BCUT2D eigenvalue weighted by atomic mass is 32.1. The van der Waals surface area contributed by atoms with E-state index in [0.717, 1.165) is 10.5 Å². The Morgan fingerprint density at radius 1 is 0.473 bits per heavy atom. The third-order valence-electron chi connectivity index (χ3n) is 10.6. The number of thiol groups is 1. The van der Waals surface area contributed by atoms with Crippen molar-refractivity contribution in [2.24, 2.45) is 0 Å². The molecule has 0 spiro atoms. The van der Waals surface area contributed by atoms with Gasteiger partial charge >= 0.3 is 0 Å². The van der Waals surface area contributed by atoms with Crippen molar-refractivity contribution in [3.63, 3.8) is 0 Å². The molecule has 3 heterocycles. The summed E-state index contributed by atoms with van der Waals surface area (Å²) in [5.41, 5.74) is 14.8. The molecule has 4 heteroatoms. The van der Waals surface area contributed by atoms with Gasteiger partial charge in [-0.05, 0) is 115 Å². The lowest BCUT2D eigenvalue weighted by Gasteiger charge is -2.08. The normalized spacial score (nSPS) is 11.9. The van der Waals surface area contributed by atoms with Crippen molar-refractivity contribution < 1.29 is 0 Å². The number of hydrogen-bond donors (Lipinski definition) is 1. The summed E-state index contributed by atoms with van der Waals surface area (Å²) in [7, 11) is 0. The molecule has 0 aliphatic rings. The molecule has 7 aromatic carbocycles. The van der Waals surface area contributed by atoms with Crippen molar-refractivity contribution in [2.75, 3.05) is 0 Å². The first-order valence-corrected chi connectivity index (χ1v) is 21.4. The van der Waals surface area contributed by atoms with Gasteiger partial charge in [-0.25, -0.2) is 0 Å². The van der Waals surface area contributed by atoms with E-state index in [4.69, 9.17) is 12.6 Å². The molecule has 10 rings (SSSR count). The Morgan fingerprint density at radius 3 is 1.45 bits per heavy atom. The van der Waals surface area contributed by atoms with Gasteiger partial charge in [-0.15, -0.1) is 46.6 Å². The number of rotatable bonds is 7. The van der Waals surface area contributed by atoms with Crippen LogP contribution in [0.15, 0.2) is 175 Å². The molecule has 0 bridgehead atoms. The van der Waals surface area contributed by atoms with E-state index >= 15 is 0 Å². The van der Waals surface area contributed by atoms with E-state index in [1.54, 1.807) is 11.3 Å². The molecule has 0 radical (unpaired) electrons. The van der Waals surface area contributed by atoms with Gasteiger partial charge in [-0.2, -0.15) is 0 Å². The molecule has 0 N–H and O–H groups in total. The molecule has 0 aliphatic carbocycles. The fourth-order valence-electron chi connectivity index (χ4n) is 7.49. The van der Waals surface area contributed by atoms with E-state index in [2.05, 4.69) is 188 Å². The Kier molecular flexibility index (Phi) is 8.85. The fraction of sp³-hybridized carbons (Fsp3) is 0.0196. The summed E-state index contributed by atoms with van der Waals surface area (Å²) in [6, 6.07) is 59.8. The van der Waals surface area contributed by atoms with Crippen LogP contribution < -0.4 is 0 Å². The number of benzene rings is 7. The molecule has 10 aromatic rings. The molecule has 0 saturated carbocycles. The van der Waals surface area contributed by atoms with Crippen LogP contribution in [0.3, 0.4) is 0 Å². The van der Waals surface area contributed by atoms with Crippen molar-refractivity contribution in [3.8, 4) is 54.9 Å². The minimum absolute atomic E-state index is 0.956. The first-order chi connectivity index (χ1) is 27.0. The largest absolute Gasteiger partial charge is 0.143 e. The standard InChI is InChI=1S/C51H34S4/c1-32-26-42-29-50(40-24-16-36(17-25-40)34-12-20-38(21-13-34)46-31-54-49-9-5-3-7-44(46)49)55-51(42)28-41(32)27-47(52)39-22-14-35(15-23-39)33-10-18-37(19-11-33)45-30-53-48-8-4-2-6-43(45)48/h2-31,52H,1H3/b47-27-. The van der Waals surface area contributed by atoms with Crippen LogP contribution >= 0.6 is 46.6 Å². The predicted octanol–water partition coefficient (Wildman–Crippen LogP) is 16.4. The van der Waals surface area contributed by atoms with Gasteiger partial charge in [0, 0.05) is 45.8 Å². The zero-order valence-corrected chi connectivity index (χ0v) is 33.3. The lowest BCUT2D eigenvalue weighted by Crippen LogP contribution is -1.84. The van der Waals surface area contributed by atoms with Crippen molar-refractivity contribution >= 4 is 87.9 Å². The number of aryl methyl sites for hydroxylation is 1. The minimum atomic E-state index is 0.956. The van der Waals surface area contributed by atoms with Crippen molar-refractivity contribution in [3.05, 3.63) is 191 Å². The minimum Gasteiger partial charge on any atom is -0.143 e. The predicted molar refractivity (Wildman–Crippen MR) is 248 cm³/mol. The summed E-state index contributed by atoms with van der Waals surface area (Å²) in [4.78, 5) is 2.23. The van der Waals surface area contributed by atoms with Crippen molar-refractivity contribution in [1.82, 2.24) is 0 Å². The second kappa shape index (κ2) is 14.3. The molecule has 0 atom stereocenters. The van der Waals surface area contributed by atoms with E-state index < -0.39 is 0 Å². The monoisotopic (exact) mass is 774 g/mol. The third-order valence-corrected chi connectivity index (χ3v) is 14.0. The number of thiophene rings is 3. The van der Waals surface area contributed by atoms with Crippen molar-refractivity contribution in [1.29, 1.82) is 0 Å². The maximum Gasteiger partial charge on any atom is 0.0355 e. The fourth-order valence-corrected chi connectivity index (χ4v) is 10.8. The first kappa shape index (κ1) is 34.0. The van der Waals surface area contributed by atoms with Crippen LogP contribution in [-0.2, 0) is 0 Å². The Balaban J connectivity index is 0.846. The van der Waals surface area contributed by atoms with E-state index in [0.29, 0.717) is 0 Å². The second-order valence-corrected chi connectivity index (χ2v) is 17.4. The van der Waals surface area contributed by atoms with Gasteiger partial charge in [-0.3, -0.25) is 0 Å². The Labute approximate surface area is 338 Å². The number of hydrogen-bond acceptors (Lipinski definition) is 4. The van der Waals surface area contributed by atoms with E-state index in [-0.39, 0.29) is 0 Å². The Morgan fingerprint density at radius 2 is 0.927 bits per heavy atom. The maximum absolute atomic E-state index is 4.97. The highest BCUT2D eigenvalue weighted by molar-refractivity contribution is 7.90. The molecule has 0 nitrogen and oxygen atoms in total. The van der Waals surface area contributed by atoms with E-state index in [1.165, 1.54) is 96.3 Å². The second-order valence-electron chi connectivity index (χ2n) is 14.0. The molecule has 3 aromatic heterocycles. The summed E-state index contributed by atoms with van der Waals surface area (Å²) in [6.45, 7) is 2.19. The average Bonchev–Trinajstić information content (AvgIpc) is 3.98. The van der Waals surface area contributed by atoms with Crippen LogP contribution in [0, 0.1) is 6.92 Å². The van der Waals surface area contributed by atoms with Crippen LogP contribution in [0.25, 0.3) is 96.2 Å². The summed E-state index contributed by atoms with van der Waals surface area (Å²) in [5, 5.41) is 8.45. The summed E-state index contributed by atoms with van der Waals surface area (Å²) < 4.78 is 3.94. The Hall–Kier alpha value is -5.49. The van der Waals surface area contributed by atoms with Gasteiger partial charge in [0.2, 0.25) is 0 Å². The first-order valence-electron chi connectivity index (χ1n) is 18.3. The zero-order chi connectivity index (χ0) is 36.9. The SMILES string of the molecule is Cc1cc2cc(-c3ccc(-c4ccc(-c5csc6ccccc56)cc4)cc3)sc2cc1/C=C(\S)c1ccc(-c2ccc(-c3csc4ccccc34)cc2)cc1. The topological polar surface area (TPSA) is 0 Å². The molecule has 262 valence electrons. The average molecular weight is 775 g/mol. The number of fused-ring (bicyclic) bond motifs is 3. The van der Waals surface area contributed by atoms with Gasteiger partial charge in [-0.1, -0.05) is 133 Å².